The normalized spacial score (nSPS) is 24.2. The molecule has 1 aromatic carbocycles. The number of amides is 3. The number of aliphatic hydroxyl groups excluding tert-OH is 7. The number of nitrogens with zero attached hydrogens (tertiary/aromatic N) is 6. The summed E-state index contributed by atoms with van der Waals surface area (Å²) in [5.74, 6) is -2.35. The molecule has 14 N–H and O–H groups in total. The zero-order valence-corrected chi connectivity index (χ0v) is 51.9. The molecular formula is C58H89N11O24. The maximum absolute atomic E-state index is 13.6. The van der Waals surface area contributed by atoms with Crippen molar-refractivity contribution in [2.75, 3.05) is 116 Å². The van der Waals surface area contributed by atoms with Crippen molar-refractivity contribution in [3.8, 4) is 0 Å². The molecule has 520 valence electrons. The lowest BCUT2D eigenvalue weighted by Gasteiger charge is -2.44. The van der Waals surface area contributed by atoms with E-state index in [1.54, 1.807) is 30.5 Å². The van der Waals surface area contributed by atoms with Crippen molar-refractivity contribution in [2.24, 2.45) is 5.18 Å². The van der Waals surface area contributed by atoms with E-state index in [1.165, 1.54) is 0 Å². The molecule has 35 heteroatoms. The van der Waals surface area contributed by atoms with Crippen LogP contribution in [0.15, 0.2) is 35.6 Å². The number of hydrogen-bond donors (Lipinski definition) is 12. The molecular weight excluding hydrogens is 1230 g/mol. The molecule has 5 heterocycles. The summed E-state index contributed by atoms with van der Waals surface area (Å²) in [4.78, 5) is 94.3. The van der Waals surface area contributed by atoms with Crippen LogP contribution in [-0.2, 0) is 77.8 Å². The number of hydrogen-bond acceptors (Lipinski definition) is 32. The van der Waals surface area contributed by atoms with Crippen LogP contribution in [0.1, 0.15) is 93.1 Å². The molecule has 6 rings (SSSR count). The topological polar surface area (TPSA) is 501 Å². The van der Waals surface area contributed by atoms with E-state index in [4.69, 9.17) is 63.6 Å². The lowest BCUT2D eigenvalue weighted by molar-refractivity contribution is -0.352. The number of benzene rings is 1. The predicted molar refractivity (Wildman–Crippen MR) is 322 cm³/mol. The number of fused-ring (bicyclic) bond motifs is 1. The number of carbonyl (C=O) groups excluding carboxylic acids is 5. The SMILES string of the molecule is CN(Cc1cnc2nc(N)nc(N)c2n1)c1ccc(C(=O)N[C@H](CCC(=O)OCCCCCC(=O)NCCOCCOC2OCC[C@H](O)[C@@H]2O[C@H]2O[C@H](CO)[C@@H](O)[C@H](OCN=O)[C@@H]2O)C(=O)OCCCCCC(=O)NCCOCCOC2O[C@H](CO)C[C@@H](O)[C@H]2O)cc1. The van der Waals surface area contributed by atoms with Gasteiger partial charge in [0.1, 0.15) is 42.7 Å². The van der Waals surface area contributed by atoms with Gasteiger partial charge in [-0.05, 0) is 80.8 Å². The summed E-state index contributed by atoms with van der Waals surface area (Å²) in [5.41, 5.74) is 13.7. The summed E-state index contributed by atoms with van der Waals surface area (Å²) in [6.45, 7) is -0.263. The molecule has 3 saturated heterocycles. The first-order valence-corrected chi connectivity index (χ1v) is 30.9. The van der Waals surface area contributed by atoms with Crippen molar-refractivity contribution in [2.45, 2.75) is 163 Å². The third-order valence-electron chi connectivity index (χ3n) is 14.9. The smallest absolute Gasteiger partial charge is 0.328 e. The second kappa shape index (κ2) is 40.6. The molecule has 0 bridgehead atoms. The van der Waals surface area contributed by atoms with Crippen LogP contribution in [-0.4, -0.2) is 265 Å². The van der Waals surface area contributed by atoms with Gasteiger partial charge in [0, 0.05) is 57.1 Å². The van der Waals surface area contributed by atoms with Gasteiger partial charge in [0.25, 0.3) is 5.91 Å². The maximum Gasteiger partial charge on any atom is 0.328 e. The summed E-state index contributed by atoms with van der Waals surface area (Å²) in [6.07, 6.45) is -10.1. The number of ether oxygens (including phenoxy) is 11. The number of anilines is 3. The van der Waals surface area contributed by atoms with Crippen LogP contribution in [0.25, 0.3) is 11.2 Å². The molecule has 2 unspecified atom stereocenters. The van der Waals surface area contributed by atoms with E-state index >= 15 is 0 Å². The number of nitrogens with one attached hydrogen (secondary N) is 3. The molecule has 3 aliphatic heterocycles. The van der Waals surface area contributed by atoms with E-state index < -0.39 is 111 Å². The van der Waals surface area contributed by atoms with E-state index in [0.29, 0.717) is 62.0 Å². The van der Waals surface area contributed by atoms with Crippen LogP contribution in [0.3, 0.4) is 0 Å². The Bertz CT molecular complexity index is 2770. The number of carbonyl (C=O) groups is 5. The van der Waals surface area contributed by atoms with Gasteiger partial charge in [-0.3, -0.25) is 19.2 Å². The van der Waals surface area contributed by atoms with Crippen molar-refractivity contribution in [3.63, 3.8) is 0 Å². The van der Waals surface area contributed by atoms with Crippen molar-refractivity contribution in [1.82, 2.24) is 35.9 Å². The number of unbranched alkanes of at least 4 members (excludes halogenated alkanes) is 4. The minimum Gasteiger partial charge on any atom is -0.466 e. The van der Waals surface area contributed by atoms with Gasteiger partial charge in [0.05, 0.1) is 109 Å². The molecule has 3 aromatic rings. The Kier molecular flexibility index (Phi) is 32.9. The Morgan fingerprint density at radius 3 is 2.03 bits per heavy atom. The van der Waals surface area contributed by atoms with E-state index in [9.17, 15) is 64.6 Å². The zero-order valence-electron chi connectivity index (χ0n) is 51.9. The quantitative estimate of drug-likeness (QED) is 0.0158. The Morgan fingerprint density at radius 2 is 1.38 bits per heavy atom. The largest absolute Gasteiger partial charge is 0.466 e. The Hall–Kier alpha value is -6.65. The van der Waals surface area contributed by atoms with Crippen molar-refractivity contribution in [1.29, 1.82) is 0 Å². The highest BCUT2D eigenvalue weighted by Crippen LogP contribution is 2.30. The summed E-state index contributed by atoms with van der Waals surface area (Å²) in [7, 11) is 1.81. The maximum atomic E-state index is 13.6. The van der Waals surface area contributed by atoms with Gasteiger partial charge >= 0.3 is 11.9 Å². The minimum atomic E-state index is -1.64. The van der Waals surface area contributed by atoms with Crippen molar-refractivity contribution >= 4 is 58.3 Å². The molecule has 3 fully saturated rings. The summed E-state index contributed by atoms with van der Waals surface area (Å²) in [5, 5.41) is 81.6. The number of aromatic nitrogens is 4. The van der Waals surface area contributed by atoms with Gasteiger partial charge in [-0.25, -0.2) is 14.8 Å². The highest BCUT2D eigenvalue weighted by atomic mass is 16.8. The fourth-order valence-corrected chi connectivity index (χ4v) is 9.87. The molecule has 13 atom stereocenters. The van der Waals surface area contributed by atoms with E-state index in [-0.39, 0.29) is 152 Å². The second-order valence-electron chi connectivity index (χ2n) is 22.0. The molecule has 0 aliphatic carbocycles. The monoisotopic (exact) mass is 1320 g/mol. The van der Waals surface area contributed by atoms with E-state index in [2.05, 4.69) is 41.1 Å². The van der Waals surface area contributed by atoms with Gasteiger partial charge in [0.15, 0.2) is 42.6 Å². The highest BCUT2D eigenvalue weighted by molar-refractivity contribution is 5.97. The molecule has 35 nitrogen and oxygen atoms in total. The fourth-order valence-electron chi connectivity index (χ4n) is 9.87. The second-order valence-corrected chi connectivity index (χ2v) is 22.0. The first-order chi connectivity index (χ1) is 44.9. The molecule has 93 heavy (non-hydrogen) atoms. The molecule has 0 spiro atoms. The third kappa shape index (κ3) is 25.2. The lowest BCUT2D eigenvalue weighted by atomic mass is 9.98. The number of nitrogens with two attached hydrogens (primary N) is 2. The molecule has 0 radical (unpaired) electrons. The summed E-state index contributed by atoms with van der Waals surface area (Å²) >= 11 is 0. The van der Waals surface area contributed by atoms with Crippen LogP contribution >= 0.6 is 0 Å². The zero-order chi connectivity index (χ0) is 67.1. The van der Waals surface area contributed by atoms with E-state index in [1.807, 2.05) is 11.9 Å². The molecule has 2 aromatic heterocycles. The first kappa shape index (κ1) is 75.4. The van der Waals surface area contributed by atoms with Gasteiger partial charge in [-0.15, -0.1) is 4.91 Å². The average Bonchev–Trinajstić information content (AvgIpc) is 0.878. The Labute approximate surface area is 535 Å². The number of rotatable bonds is 42. The standard InChI is InChI=1S/C58H89N11O24/c1-69(30-35-29-63-52-45(65-35)51(59)67-58(60)68-52)36-12-10-34(11-13-36)53(80)66-38(54(81)86-20-7-3-5-9-43(75)61-17-22-83-24-26-88-55-46(77)40(73)28-37(31-70)91-55)14-15-44(76)85-19-6-2-4-8-42(74)62-18-23-84-25-27-89-57-49(39(72)16-21-87-57)93-56-48(79)50(90-33-64-82)47(78)41(32-71)92-56/h10-13,29,37-41,46-50,55-57,70-73,77-79H,2-9,14-28,30-33H2,1H3,(H,61,75)(H,62,74)(H,66,80)(H4,59,60,63,67,68)/t37-,38+,39-,40+,41+,46+,47+,48-,49-,50-,55?,56+,57?/m0/s1. The lowest BCUT2D eigenvalue weighted by Crippen LogP contribution is -2.62. The number of esters is 2. The van der Waals surface area contributed by atoms with Crippen LogP contribution < -0.4 is 32.3 Å². The number of nitrogen functional groups attached to an aromatic ring is 2. The predicted octanol–water partition coefficient (Wildman–Crippen LogP) is -2.53. The number of aliphatic hydroxyl groups is 7. The van der Waals surface area contributed by atoms with Crippen LogP contribution in [0, 0.1) is 4.91 Å². The van der Waals surface area contributed by atoms with Gasteiger partial charge in [0.2, 0.25) is 17.8 Å². The third-order valence-corrected chi connectivity index (χ3v) is 14.9. The summed E-state index contributed by atoms with van der Waals surface area (Å²) in [6, 6.07) is 5.34. The van der Waals surface area contributed by atoms with Crippen LogP contribution in [0.5, 0.6) is 0 Å². The van der Waals surface area contributed by atoms with Gasteiger partial charge < -0.3 is 120 Å². The minimum absolute atomic E-state index is 0.0168. The highest BCUT2D eigenvalue weighted by Gasteiger charge is 2.49. The van der Waals surface area contributed by atoms with Crippen LogP contribution in [0.4, 0.5) is 17.5 Å². The molecule has 3 aliphatic rings. The van der Waals surface area contributed by atoms with Crippen molar-refractivity contribution < 1.29 is 112 Å². The Balaban J connectivity index is 0.859. The molecule has 3 amide bonds. The van der Waals surface area contributed by atoms with E-state index in [0.717, 1.165) is 0 Å². The molecule has 0 saturated carbocycles. The Morgan fingerprint density at radius 1 is 0.710 bits per heavy atom. The summed E-state index contributed by atoms with van der Waals surface area (Å²) < 4.78 is 60.7. The van der Waals surface area contributed by atoms with Crippen LogP contribution in [0.2, 0.25) is 0 Å². The van der Waals surface area contributed by atoms with Gasteiger partial charge in [-0.2, -0.15) is 9.97 Å². The van der Waals surface area contributed by atoms with Crippen molar-refractivity contribution in [3.05, 3.63) is 46.6 Å². The average molecular weight is 1320 g/mol. The first-order valence-electron chi connectivity index (χ1n) is 30.9. The van der Waals surface area contributed by atoms with Gasteiger partial charge in [-0.1, -0.05) is 0 Å². The number of nitroso groups, excluding NO2 is 1. The fraction of sp³-hybridized carbons (Fsp3) is 0.707.